The van der Waals surface area contributed by atoms with Gasteiger partial charge >= 0.3 is 0 Å². The Hall–Kier alpha value is -1.91. The van der Waals surface area contributed by atoms with Gasteiger partial charge in [-0.3, -0.25) is 0 Å². The van der Waals surface area contributed by atoms with Crippen LogP contribution in [0.2, 0.25) is 5.02 Å². The molecule has 0 spiro atoms. The van der Waals surface area contributed by atoms with E-state index in [-0.39, 0.29) is 0 Å². The van der Waals surface area contributed by atoms with Crippen LogP contribution in [0.15, 0.2) is 36.4 Å². The summed E-state index contributed by atoms with van der Waals surface area (Å²) in [5, 5.41) is 4.05. The second kappa shape index (κ2) is 9.40. The summed E-state index contributed by atoms with van der Waals surface area (Å²) < 4.78 is 16.4. The number of nitrogens with one attached hydrogen (secondary N) is 1. The number of hydrogen-bond donors (Lipinski definition) is 1. The molecule has 5 heteroatoms. The Labute approximate surface area is 148 Å². The summed E-state index contributed by atoms with van der Waals surface area (Å²) in [7, 11) is 3.29. The van der Waals surface area contributed by atoms with Crippen LogP contribution in [0.4, 0.5) is 0 Å². The lowest BCUT2D eigenvalue weighted by Gasteiger charge is -2.16. The first-order valence-electron chi connectivity index (χ1n) is 8.00. The molecule has 2 aromatic carbocycles. The Bertz CT molecular complexity index is 644. The summed E-state index contributed by atoms with van der Waals surface area (Å²) in [6.45, 7) is 4.10. The van der Waals surface area contributed by atoms with E-state index in [0.29, 0.717) is 23.9 Å². The molecule has 0 saturated heterocycles. The van der Waals surface area contributed by atoms with Crippen LogP contribution < -0.4 is 19.5 Å². The largest absolute Gasteiger partial charge is 0.497 e. The van der Waals surface area contributed by atoms with Crippen molar-refractivity contribution < 1.29 is 14.2 Å². The molecule has 0 aliphatic rings. The zero-order chi connectivity index (χ0) is 17.4. The highest BCUT2D eigenvalue weighted by Gasteiger charge is 2.12. The minimum Gasteiger partial charge on any atom is -0.497 e. The molecule has 4 nitrogen and oxygen atoms in total. The molecular formula is C19H24ClNO3. The fraction of sp³-hybridized carbons (Fsp3) is 0.368. The van der Waals surface area contributed by atoms with Crippen molar-refractivity contribution in [2.45, 2.75) is 26.4 Å². The monoisotopic (exact) mass is 349 g/mol. The topological polar surface area (TPSA) is 39.7 Å². The Morgan fingerprint density at radius 2 is 1.75 bits per heavy atom. The highest BCUT2D eigenvalue weighted by atomic mass is 35.5. The summed E-state index contributed by atoms with van der Waals surface area (Å²) >= 11 is 6.19. The van der Waals surface area contributed by atoms with Gasteiger partial charge in [-0.2, -0.15) is 0 Å². The molecule has 0 aromatic heterocycles. The third kappa shape index (κ3) is 5.05. The molecular weight excluding hydrogens is 326 g/mol. The minimum absolute atomic E-state index is 0.636. The Morgan fingerprint density at radius 3 is 2.38 bits per heavy atom. The molecule has 0 bridgehead atoms. The summed E-state index contributed by atoms with van der Waals surface area (Å²) in [5.41, 5.74) is 2.17. The average Bonchev–Trinajstić information content (AvgIpc) is 2.61. The van der Waals surface area contributed by atoms with E-state index in [9.17, 15) is 0 Å². The predicted molar refractivity (Wildman–Crippen MR) is 97.3 cm³/mol. The van der Waals surface area contributed by atoms with Crippen molar-refractivity contribution in [1.82, 2.24) is 5.32 Å². The van der Waals surface area contributed by atoms with Crippen molar-refractivity contribution in [2.75, 3.05) is 20.8 Å². The van der Waals surface area contributed by atoms with E-state index in [1.807, 2.05) is 30.3 Å². The number of benzene rings is 2. The van der Waals surface area contributed by atoms with E-state index >= 15 is 0 Å². The number of hydrogen-bond acceptors (Lipinski definition) is 4. The molecule has 0 radical (unpaired) electrons. The van der Waals surface area contributed by atoms with Crippen LogP contribution in [0.3, 0.4) is 0 Å². The van der Waals surface area contributed by atoms with Gasteiger partial charge in [-0.15, -0.1) is 0 Å². The van der Waals surface area contributed by atoms with Crippen molar-refractivity contribution in [2.24, 2.45) is 0 Å². The van der Waals surface area contributed by atoms with Gasteiger partial charge in [0, 0.05) is 29.7 Å². The predicted octanol–water partition coefficient (Wildman–Crippen LogP) is 4.44. The Balaban J connectivity index is 2.05. The van der Waals surface area contributed by atoms with Crippen molar-refractivity contribution >= 4 is 11.6 Å². The lowest BCUT2D eigenvalue weighted by Crippen LogP contribution is -2.14. The number of rotatable bonds is 9. The van der Waals surface area contributed by atoms with Crippen molar-refractivity contribution in [3.63, 3.8) is 0 Å². The standard InChI is InChI=1S/C19H24ClNO3/c1-4-9-24-19-15(10-16(20)11-18(19)23-3)13-21-12-14-5-7-17(22-2)8-6-14/h5-8,10-11,21H,4,9,12-13H2,1-3H3. The first-order chi connectivity index (χ1) is 11.7. The smallest absolute Gasteiger partial charge is 0.165 e. The van der Waals surface area contributed by atoms with Crippen LogP contribution >= 0.6 is 11.6 Å². The molecule has 0 amide bonds. The van der Waals surface area contributed by atoms with Crippen molar-refractivity contribution in [3.05, 3.63) is 52.5 Å². The molecule has 2 aromatic rings. The summed E-state index contributed by atoms with van der Waals surface area (Å²) in [5.74, 6) is 2.27. The maximum Gasteiger partial charge on any atom is 0.165 e. The van der Waals surface area contributed by atoms with Gasteiger partial charge in [-0.05, 0) is 30.2 Å². The maximum atomic E-state index is 6.19. The average molecular weight is 350 g/mol. The van der Waals surface area contributed by atoms with E-state index in [1.165, 1.54) is 5.56 Å². The highest BCUT2D eigenvalue weighted by Crippen LogP contribution is 2.35. The van der Waals surface area contributed by atoms with Crippen LogP contribution in [-0.2, 0) is 13.1 Å². The van der Waals surface area contributed by atoms with E-state index < -0.39 is 0 Å². The molecule has 0 aliphatic carbocycles. The first kappa shape index (κ1) is 18.4. The van der Waals surface area contributed by atoms with E-state index in [2.05, 4.69) is 12.2 Å². The van der Waals surface area contributed by atoms with E-state index in [1.54, 1.807) is 20.3 Å². The van der Waals surface area contributed by atoms with Crippen LogP contribution in [0.25, 0.3) is 0 Å². The molecule has 24 heavy (non-hydrogen) atoms. The fourth-order valence-corrected chi connectivity index (χ4v) is 2.59. The van der Waals surface area contributed by atoms with Gasteiger partial charge in [0.2, 0.25) is 0 Å². The molecule has 0 fully saturated rings. The van der Waals surface area contributed by atoms with Gasteiger partial charge in [-0.1, -0.05) is 30.7 Å². The van der Waals surface area contributed by atoms with Crippen LogP contribution in [-0.4, -0.2) is 20.8 Å². The maximum absolute atomic E-state index is 6.19. The third-order valence-electron chi connectivity index (χ3n) is 3.57. The lowest BCUT2D eigenvalue weighted by atomic mass is 10.1. The van der Waals surface area contributed by atoms with Gasteiger partial charge in [0.15, 0.2) is 11.5 Å². The summed E-state index contributed by atoms with van der Waals surface area (Å²) in [6.07, 6.45) is 0.935. The van der Waals surface area contributed by atoms with Gasteiger partial charge in [0.05, 0.1) is 20.8 Å². The minimum atomic E-state index is 0.636. The number of methoxy groups -OCH3 is 2. The summed E-state index contributed by atoms with van der Waals surface area (Å²) in [6, 6.07) is 11.7. The lowest BCUT2D eigenvalue weighted by molar-refractivity contribution is 0.290. The van der Waals surface area contributed by atoms with E-state index in [0.717, 1.165) is 30.0 Å². The number of halogens is 1. The summed E-state index contributed by atoms with van der Waals surface area (Å²) in [4.78, 5) is 0. The molecule has 0 atom stereocenters. The molecule has 0 saturated carbocycles. The Kier molecular flexibility index (Phi) is 7.22. The molecule has 0 unspecified atom stereocenters. The fourth-order valence-electron chi connectivity index (χ4n) is 2.36. The first-order valence-corrected chi connectivity index (χ1v) is 8.38. The second-order valence-electron chi connectivity index (χ2n) is 5.40. The number of ether oxygens (including phenoxy) is 3. The molecule has 0 aliphatic heterocycles. The normalized spacial score (nSPS) is 10.5. The second-order valence-corrected chi connectivity index (χ2v) is 5.83. The molecule has 130 valence electrons. The molecule has 1 N–H and O–H groups in total. The van der Waals surface area contributed by atoms with Gasteiger partial charge in [0.25, 0.3) is 0 Å². The van der Waals surface area contributed by atoms with Crippen molar-refractivity contribution in [1.29, 1.82) is 0 Å². The van der Waals surface area contributed by atoms with Crippen LogP contribution in [0, 0.1) is 0 Å². The van der Waals surface area contributed by atoms with Crippen LogP contribution in [0.1, 0.15) is 24.5 Å². The van der Waals surface area contributed by atoms with Gasteiger partial charge in [-0.25, -0.2) is 0 Å². The zero-order valence-corrected chi connectivity index (χ0v) is 15.2. The highest BCUT2D eigenvalue weighted by molar-refractivity contribution is 6.30. The third-order valence-corrected chi connectivity index (χ3v) is 3.79. The Morgan fingerprint density at radius 1 is 1.00 bits per heavy atom. The quantitative estimate of drug-likeness (QED) is 0.726. The SMILES string of the molecule is CCCOc1c(CNCc2ccc(OC)cc2)cc(Cl)cc1OC. The van der Waals surface area contributed by atoms with E-state index in [4.69, 9.17) is 25.8 Å². The molecule has 0 heterocycles. The van der Waals surface area contributed by atoms with Crippen molar-refractivity contribution in [3.8, 4) is 17.2 Å². The van der Waals surface area contributed by atoms with Crippen LogP contribution in [0.5, 0.6) is 17.2 Å². The van der Waals surface area contributed by atoms with Gasteiger partial charge in [0.1, 0.15) is 5.75 Å². The molecule has 2 rings (SSSR count). The zero-order valence-electron chi connectivity index (χ0n) is 14.4. The van der Waals surface area contributed by atoms with Gasteiger partial charge < -0.3 is 19.5 Å².